The molecule has 0 saturated heterocycles. The van der Waals surface area contributed by atoms with E-state index in [9.17, 15) is 4.79 Å². The molecule has 0 aliphatic rings. The molecule has 0 radical (unpaired) electrons. The van der Waals surface area contributed by atoms with E-state index in [1.165, 1.54) is 18.0 Å². The molecule has 4 rings (SSSR count). The molecule has 0 bridgehead atoms. The molecule has 0 atom stereocenters. The summed E-state index contributed by atoms with van der Waals surface area (Å²) >= 11 is 13.2. The van der Waals surface area contributed by atoms with Crippen LogP contribution in [0.4, 0.5) is 0 Å². The van der Waals surface area contributed by atoms with Gasteiger partial charge in [0.1, 0.15) is 5.75 Å². The summed E-state index contributed by atoms with van der Waals surface area (Å²) < 4.78 is 7.17. The Hall–Kier alpha value is -3.33. The first-order valence-electron chi connectivity index (χ1n) is 10.1. The smallest absolute Gasteiger partial charge is 0.250 e. The van der Waals surface area contributed by atoms with E-state index in [1.54, 1.807) is 25.3 Å². The Bertz CT molecular complexity index is 1310. The van der Waals surface area contributed by atoms with Gasteiger partial charge in [-0.25, -0.2) is 5.43 Å². The summed E-state index contributed by atoms with van der Waals surface area (Å²) in [5, 5.41) is 14.1. The van der Waals surface area contributed by atoms with Crippen LogP contribution < -0.4 is 10.2 Å². The molecule has 1 N–H and O–H groups in total. The summed E-state index contributed by atoms with van der Waals surface area (Å²) in [6, 6.07) is 22.4. The lowest BCUT2D eigenvalue weighted by Gasteiger charge is -2.11. The van der Waals surface area contributed by atoms with Gasteiger partial charge in [-0.05, 0) is 42.0 Å². The number of hydrazone groups is 1. The number of thioether (sulfide) groups is 1. The summed E-state index contributed by atoms with van der Waals surface area (Å²) in [6.07, 6.45) is 1.50. The highest BCUT2D eigenvalue weighted by Crippen LogP contribution is 2.28. The van der Waals surface area contributed by atoms with Crippen molar-refractivity contribution >= 4 is 47.1 Å². The molecule has 7 nitrogen and oxygen atoms in total. The highest BCUT2D eigenvalue weighted by Gasteiger charge is 2.17. The predicted molar refractivity (Wildman–Crippen MR) is 136 cm³/mol. The molecule has 1 amide bonds. The van der Waals surface area contributed by atoms with Crippen LogP contribution in [0.15, 0.2) is 83.1 Å². The molecule has 0 spiro atoms. The van der Waals surface area contributed by atoms with Crippen molar-refractivity contribution in [2.24, 2.45) is 5.10 Å². The molecule has 10 heteroatoms. The van der Waals surface area contributed by atoms with Crippen LogP contribution in [-0.2, 0) is 4.79 Å². The van der Waals surface area contributed by atoms with Gasteiger partial charge in [-0.2, -0.15) is 5.10 Å². The quantitative estimate of drug-likeness (QED) is 0.192. The van der Waals surface area contributed by atoms with E-state index >= 15 is 0 Å². The van der Waals surface area contributed by atoms with Gasteiger partial charge in [0, 0.05) is 11.3 Å². The standard InChI is InChI=1S/C24H19Cl2N5O2S/c1-33-19-10-8-18(9-11-19)31-23(17-5-3-2-4-6-17)29-30-24(31)34-15-22(32)28-27-14-16-7-12-20(25)21(26)13-16/h2-14H,15H2,1H3,(H,28,32)/b27-14+. The van der Waals surface area contributed by atoms with Crippen LogP contribution in [0.1, 0.15) is 5.56 Å². The lowest BCUT2D eigenvalue weighted by molar-refractivity contribution is -0.118. The average molecular weight is 512 g/mol. The van der Waals surface area contributed by atoms with E-state index in [0.29, 0.717) is 26.6 Å². The van der Waals surface area contributed by atoms with Gasteiger partial charge in [-0.3, -0.25) is 9.36 Å². The van der Waals surface area contributed by atoms with E-state index in [4.69, 9.17) is 27.9 Å². The van der Waals surface area contributed by atoms with E-state index < -0.39 is 0 Å². The van der Waals surface area contributed by atoms with Crippen LogP contribution in [0.25, 0.3) is 17.1 Å². The summed E-state index contributed by atoms with van der Waals surface area (Å²) in [5.74, 6) is 1.23. The highest BCUT2D eigenvalue weighted by molar-refractivity contribution is 7.99. The van der Waals surface area contributed by atoms with Crippen LogP contribution in [-0.4, -0.2) is 39.7 Å². The summed E-state index contributed by atoms with van der Waals surface area (Å²) in [6.45, 7) is 0. The molecule has 4 aromatic rings. The number of amides is 1. The van der Waals surface area contributed by atoms with Crippen molar-refractivity contribution in [3.8, 4) is 22.8 Å². The molecule has 3 aromatic carbocycles. The molecule has 0 fully saturated rings. The van der Waals surface area contributed by atoms with Crippen LogP contribution in [0.5, 0.6) is 5.75 Å². The third-order valence-electron chi connectivity index (χ3n) is 4.67. The zero-order chi connectivity index (χ0) is 23.9. The second kappa shape index (κ2) is 11.2. The molecule has 1 heterocycles. The molecule has 172 valence electrons. The summed E-state index contributed by atoms with van der Waals surface area (Å²) in [7, 11) is 1.62. The summed E-state index contributed by atoms with van der Waals surface area (Å²) in [4.78, 5) is 12.4. The average Bonchev–Trinajstić information content (AvgIpc) is 3.29. The van der Waals surface area contributed by atoms with Gasteiger partial charge in [0.2, 0.25) is 0 Å². The minimum atomic E-state index is -0.285. The fourth-order valence-electron chi connectivity index (χ4n) is 3.04. The molecule has 0 aliphatic heterocycles. The Morgan fingerprint density at radius 3 is 2.53 bits per heavy atom. The maximum Gasteiger partial charge on any atom is 0.250 e. The highest BCUT2D eigenvalue weighted by atomic mass is 35.5. The maximum atomic E-state index is 12.4. The first-order valence-corrected chi connectivity index (χ1v) is 11.8. The van der Waals surface area contributed by atoms with Crippen LogP contribution in [0, 0.1) is 0 Å². The van der Waals surface area contributed by atoms with Gasteiger partial charge >= 0.3 is 0 Å². The third-order valence-corrected chi connectivity index (χ3v) is 6.34. The normalized spacial score (nSPS) is 11.0. The Kier molecular flexibility index (Phi) is 7.84. The van der Waals surface area contributed by atoms with Gasteiger partial charge in [-0.1, -0.05) is 71.4 Å². The van der Waals surface area contributed by atoms with Gasteiger partial charge in [0.05, 0.1) is 29.1 Å². The number of carbonyl (C=O) groups excluding carboxylic acids is 1. The number of hydrogen-bond donors (Lipinski definition) is 1. The largest absolute Gasteiger partial charge is 0.497 e. The molecule has 0 aliphatic carbocycles. The Morgan fingerprint density at radius 2 is 1.82 bits per heavy atom. The minimum Gasteiger partial charge on any atom is -0.497 e. The Labute approximate surface area is 210 Å². The maximum absolute atomic E-state index is 12.4. The number of rotatable bonds is 8. The number of hydrogen-bond acceptors (Lipinski definition) is 6. The molecule has 0 saturated carbocycles. The predicted octanol–water partition coefficient (Wildman–Crippen LogP) is 5.49. The van der Waals surface area contributed by atoms with E-state index in [-0.39, 0.29) is 11.7 Å². The van der Waals surface area contributed by atoms with Gasteiger partial charge in [0.15, 0.2) is 11.0 Å². The summed E-state index contributed by atoms with van der Waals surface area (Å²) in [5.41, 5.74) is 4.99. The number of ether oxygens (including phenoxy) is 1. The van der Waals surface area contributed by atoms with Crippen molar-refractivity contribution in [2.45, 2.75) is 5.16 Å². The SMILES string of the molecule is COc1ccc(-n2c(SCC(=O)N/N=C/c3ccc(Cl)c(Cl)c3)nnc2-c2ccccc2)cc1. The van der Waals surface area contributed by atoms with Crippen molar-refractivity contribution in [3.05, 3.63) is 88.4 Å². The first kappa shape index (κ1) is 23.8. The monoisotopic (exact) mass is 511 g/mol. The number of nitrogens with zero attached hydrogens (tertiary/aromatic N) is 4. The van der Waals surface area contributed by atoms with E-state index in [1.807, 2.05) is 59.2 Å². The van der Waals surface area contributed by atoms with Crippen molar-refractivity contribution in [1.29, 1.82) is 0 Å². The van der Waals surface area contributed by atoms with Crippen LogP contribution in [0.2, 0.25) is 10.0 Å². The number of aromatic nitrogens is 3. The number of halogens is 2. The van der Waals surface area contributed by atoms with Gasteiger partial charge in [0.25, 0.3) is 5.91 Å². The van der Waals surface area contributed by atoms with Crippen LogP contribution in [0.3, 0.4) is 0 Å². The fourth-order valence-corrected chi connectivity index (χ4v) is 4.09. The van der Waals surface area contributed by atoms with Crippen molar-refractivity contribution in [1.82, 2.24) is 20.2 Å². The van der Waals surface area contributed by atoms with Gasteiger partial charge in [-0.15, -0.1) is 10.2 Å². The third kappa shape index (κ3) is 5.77. The number of nitrogens with one attached hydrogen (secondary N) is 1. The second-order valence-corrected chi connectivity index (χ2v) is 8.72. The van der Waals surface area contributed by atoms with Crippen molar-refractivity contribution in [2.75, 3.05) is 12.9 Å². The van der Waals surface area contributed by atoms with E-state index in [0.717, 1.165) is 17.0 Å². The molecule has 34 heavy (non-hydrogen) atoms. The lowest BCUT2D eigenvalue weighted by atomic mass is 10.2. The topological polar surface area (TPSA) is 81.4 Å². The fraction of sp³-hybridized carbons (Fsp3) is 0.0833. The number of carbonyl (C=O) groups is 1. The zero-order valence-electron chi connectivity index (χ0n) is 18.0. The number of benzene rings is 3. The first-order chi connectivity index (χ1) is 16.5. The zero-order valence-corrected chi connectivity index (χ0v) is 20.3. The molecule has 0 unspecified atom stereocenters. The minimum absolute atomic E-state index is 0.0990. The molecular weight excluding hydrogens is 493 g/mol. The Balaban J connectivity index is 1.49. The van der Waals surface area contributed by atoms with Crippen molar-refractivity contribution < 1.29 is 9.53 Å². The van der Waals surface area contributed by atoms with Gasteiger partial charge < -0.3 is 4.74 Å². The van der Waals surface area contributed by atoms with Crippen LogP contribution >= 0.6 is 35.0 Å². The lowest BCUT2D eigenvalue weighted by Crippen LogP contribution is -2.20. The number of methoxy groups -OCH3 is 1. The Morgan fingerprint density at radius 1 is 1.06 bits per heavy atom. The van der Waals surface area contributed by atoms with E-state index in [2.05, 4.69) is 20.7 Å². The van der Waals surface area contributed by atoms with Crippen molar-refractivity contribution in [3.63, 3.8) is 0 Å². The molecular formula is C24H19Cl2N5O2S. The second-order valence-electron chi connectivity index (χ2n) is 6.96. The molecule has 1 aromatic heterocycles.